The van der Waals surface area contributed by atoms with Crippen LogP contribution in [0.25, 0.3) is 0 Å². The van der Waals surface area contributed by atoms with Gasteiger partial charge in [0.2, 0.25) is 0 Å². The van der Waals surface area contributed by atoms with E-state index < -0.39 is 12.0 Å². The van der Waals surface area contributed by atoms with Crippen LogP contribution in [0.4, 0.5) is 0 Å². The van der Waals surface area contributed by atoms with Gasteiger partial charge in [-0.1, -0.05) is 24.3 Å². The van der Waals surface area contributed by atoms with Gasteiger partial charge in [0, 0.05) is 5.75 Å². The summed E-state index contributed by atoms with van der Waals surface area (Å²) in [7, 11) is 0. The third-order valence-corrected chi connectivity index (χ3v) is 4.63. The van der Waals surface area contributed by atoms with Gasteiger partial charge in [0.15, 0.2) is 0 Å². The standard InChI is InChI=1S/C13H15NO2S/c15-13(16)11-7-17-12(14-11)10-4-2-1-3-9(10)8-5-6-8/h1-4,8,11-12,14H,5-7H2,(H,15,16). The van der Waals surface area contributed by atoms with E-state index in [0.29, 0.717) is 11.7 Å². The van der Waals surface area contributed by atoms with Crippen LogP contribution in [0.1, 0.15) is 35.3 Å². The summed E-state index contributed by atoms with van der Waals surface area (Å²) in [6.07, 6.45) is 2.55. The van der Waals surface area contributed by atoms with Gasteiger partial charge in [-0.25, -0.2) is 0 Å². The minimum atomic E-state index is -0.746. The first-order valence-electron chi connectivity index (χ1n) is 5.95. The molecule has 1 aromatic carbocycles. The lowest BCUT2D eigenvalue weighted by atomic mass is 10.0. The number of carbonyl (C=O) groups is 1. The molecular weight excluding hydrogens is 234 g/mol. The molecule has 0 bridgehead atoms. The number of hydrogen-bond donors (Lipinski definition) is 2. The van der Waals surface area contributed by atoms with Gasteiger partial charge in [-0.3, -0.25) is 10.1 Å². The average molecular weight is 249 g/mol. The minimum Gasteiger partial charge on any atom is -0.480 e. The Balaban J connectivity index is 1.82. The average Bonchev–Trinajstić information content (AvgIpc) is 3.06. The summed E-state index contributed by atoms with van der Waals surface area (Å²) in [5.41, 5.74) is 2.69. The summed E-state index contributed by atoms with van der Waals surface area (Å²) in [6, 6.07) is 8.02. The van der Waals surface area contributed by atoms with E-state index in [9.17, 15) is 4.79 Å². The normalized spacial score (nSPS) is 28.2. The van der Waals surface area contributed by atoms with E-state index in [2.05, 4.69) is 23.5 Å². The predicted octanol–water partition coefficient (Wildman–Crippen LogP) is 2.35. The number of benzene rings is 1. The molecular formula is C13H15NO2S. The third kappa shape index (κ3) is 2.19. The first-order valence-corrected chi connectivity index (χ1v) is 7.00. The molecule has 1 heterocycles. The molecule has 3 rings (SSSR count). The Morgan fingerprint density at radius 1 is 1.29 bits per heavy atom. The molecule has 2 fully saturated rings. The molecule has 0 aromatic heterocycles. The van der Waals surface area contributed by atoms with Crippen LogP contribution in [0.5, 0.6) is 0 Å². The highest BCUT2D eigenvalue weighted by atomic mass is 32.2. The molecule has 1 saturated carbocycles. The molecule has 1 aliphatic carbocycles. The summed E-state index contributed by atoms with van der Waals surface area (Å²) in [5, 5.41) is 12.3. The van der Waals surface area contributed by atoms with Crippen LogP contribution in [0.2, 0.25) is 0 Å². The van der Waals surface area contributed by atoms with Gasteiger partial charge in [-0.05, 0) is 29.9 Å². The Morgan fingerprint density at radius 2 is 2.00 bits per heavy atom. The van der Waals surface area contributed by atoms with Crippen LogP contribution in [-0.4, -0.2) is 22.9 Å². The monoisotopic (exact) mass is 249 g/mol. The van der Waals surface area contributed by atoms with Crippen molar-refractivity contribution in [2.75, 3.05) is 5.75 Å². The Morgan fingerprint density at radius 3 is 2.59 bits per heavy atom. The van der Waals surface area contributed by atoms with Gasteiger partial charge in [0.25, 0.3) is 0 Å². The van der Waals surface area contributed by atoms with Gasteiger partial charge >= 0.3 is 5.97 Å². The number of carboxylic acid groups (broad SMARTS) is 1. The van der Waals surface area contributed by atoms with E-state index in [0.717, 1.165) is 0 Å². The number of rotatable bonds is 3. The molecule has 3 nitrogen and oxygen atoms in total. The predicted molar refractivity (Wildman–Crippen MR) is 68.2 cm³/mol. The van der Waals surface area contributed by atoms with Crippen LogP contribution in [0.3, 0.4) is 0 Å². The third-order valence-electron chi connectivity index (χ3n) is 3.38. The fraction of sp³-hybridized carbons (Fsp3) is 0.462. The SMILES string of the molecule is O=C(O)C1CSC(c2ccccc2C2CC2)N1. The molecule has 0 radical (unpaired) electrons. The fourth-order valence-corrected chi connectivity index (χ4v) is 3.59. The molecule has 2 unspecified atom stereocenters. The van der Waals surface area contributed by atoms with Crippen LogP contribution < -0.4 is 5.32 Å². The lowest BCUT2D eigenvalue weighted by molar-refractivity contribution is -0.138. The lowest BCUT2D eigenvalue weighted by Gasteiger charge is -2.15. The number of thioether (sulfide) groups is 1. The van der Waals surface area contributed by atoms with Gasteiger partial charge in [0.05, 0.1) is 5.37 Å². The summed E-state index contributed by atoms with van der Waals surface area (Å²) >= 11 is 1.70. The summed E-state index contributed by atoms with van der Waals surface area (Å²) in [4.78, 5) is 10.9. The number of hydrogen-bond acceptors (Lipinski definition) is 3. The molecule has 2 aliphatic rings. The zero-order chi connectivity index (χ0) is 11.8. The molecule has 17 heavy (non-hydrogen) atoms. The first-order chi connectivity index (χ1) is 8.25. The molecule has 0 amide bonds. The van der Waals surface area contributed by atoms with Crippen LogP contribution in [0.15, 0.2) is 24.3 Å². The fourth-order valence-electron chi connectivity index (χ4n) is 2.31. The number of aliphatic carboxylic acids is 1. The number of carboxylic acids is 1. The second kappa shape index (κ2) is 4.35. The van der Waals surface area contributed by atoms with Gasteiger partial charge in [0.1, 0.15) is 6.04 Å². The van der Waals surface area contributed by atoms with Crippen molar-refractivity contribution in [3.05, 3.63) is 35.4 Å². The molecule has 1 aliphatic heterocycles. The zero-order valence-electron chi connectivity index (χ0n) is 9.43. The van der Waals surface area contributed by atoms with Crippen molar-refractivity contribution in [3.63, 3.8) is 0 Å². The molecule has 1 aromatic rings. The van der Waals surface area contributed by atoms with Crippen LogP contribution >= 0.6 is 11.8 Å². The lowest BCUT2D eigenvalue weighted by Crippen LogP contribution is -2.33. The summed E-state index contributed by atoms with van der Waals surface area (Å²) in [5.74, 6) is 0.611. The second-order valence-electron chi connectivity index (χ2n) is 4.67. The molecule has 4 heteroatoms. The summed E-state index contributed by atoms with van der Waals surface area (Å²) in [6.45, 7) is 0. The minimum absolute atomic E-state index is 0.146. The highest BCUT2D eigenvalue weighted by molar-refractivity contribution is 7.99. The van der Waals surface area contributed by atoms with E-state index >= 15 is 0 Å². The summed E-state index contributed by atoms with van der Waals surface area (Å²) < 4.78 is 0. The van der Waals surface area contributed by atoms with Crippen molar-refractivity contribution in [2.24, 2.45) is 0 Å². The van der Waals surface area contributed by atoms with Crippen molar-refractivity contribution in [1.29, 1.82) is 0 Å². The van der Waals surface area contributed by atoms with Gasteiger partial charge in [-0.15, -0.1) is 11.8 Å². The zero-order valence-corrected chi connectivity index (χ0v) is 10.2. The van der Waals surface area contributed by atoms with E-state index in [1.54, 1.807) is 11.8 Å². The molecule has 90 valence electrons. The highest BCUT2D eigenvalue weighted by Gasteiger charge is 2.34. The Bertz CT molecular complexity index is 445. The van der Waals surface area contributed by atoms with Crippen molar-refractivity contribution in [1.82, 2.24) is 5.32 Å². The van der Waals surface area contributed by atoms with Crippen molar-refractivity contribution in [3.8, 4) is 0 Å². The Hall–Kier alpha value is -1.00. The maximum Gasteiger partial charge on any atom is 0.321 e. The molecule has 2 N–H and O–H groups in total. The molecule has 2 atom stereocenters. The van der Waals surface area contributed by atoms with Crippen molar-refractivity contribution < 1.29 is 9.90 Å². The highest BCUT2D eigenvalue weighted by Crippen LogP contribution is 2.45. The van der Waals surface area contributed by atoms with Crippen molar-refractivity contribution in [2.45, 2.75) is 30.2 Å². The number of nitrogens with one attached hydrogen (secondary N) is 1. The topological polar surface area (TPSA) is 49.3 Å². The van der Waals surface area contributed by atoms with E-state index in [1.807, 2.05) is 6.07 Å². The Labute approximate surface area is 105 Å². The van der Waals surface area contributed by atoms with Gasteiger partial charge < -0.3 is 5.11 Å². The van der Waals surface area contributed by atoms with Crippen LogP contribution in [0, 0.1) is 0 Å². The van der Waals surface area contributed by atoms with E-state index in [4.69, 9.17) is 5.11 Å². The largest absolute Gasteiger partial charge is 0.480 e. The maximum atomic E-state index is 10.9. The van der Waals surface area contributed by atoms with E-state index in [-0.39, 0.29) is 5.37 Å². The maximum absolute atomic E-state index is 10.9. The smallest absolute Gasteiger partial charge is 0.321 e. The molecule has 1 saturated heterocycles. The van der Waals surface area contributed by atoms with Crippen molar-refractivity contribution >= 4 is 17.7 Å². The van der Waals surface area contributed by atoms with Crippen LogP contribution in [-0.2, 0) is 4.79 Å². The Kier molecular flexibility index (Phi) is 2.84. The second-order valence-corrected chi connectivity index (χ2v) is 5.81. The van der Waals surface area contributed by atoms with Gasteiger partial charge in [-0.2, -0.15) is 0 Å². The van der Waals surface area contributed by atoms with E-state index in [1.165, 1.54) is 24.0 Å². The quantitative estimate of drug-likeness (QED) is 0.863. The first kappa shape index (κ1) is 11.1. The molecule has 0 spiro atoms.